The van der Waals surface area contributed by atoms with Crippen LogP contribution in [0.4, 0.5) is 0 Å². The van der Waals surface area contributed by atoms with Crippen molar-refractivity contribution in [1.29, 1.82) is 0 Å². The second-order valence-electron chi connectivity index (χ2n) is 8.66. The first-order valence-electron chi connectivity index (χ1n) is 11.9. The summed E-state index contributed by atoms with van der Waals surface area (Å²) in [6.45, 7) is 0.927. The second-order valence-corrected chi connectivity index (χ2v) is 8.66. The molecule has 0 aromatic carbocycles. The summed E-state index contributed by atoms with van der Waals surface area (Å²) in [5, 5.41) is 14.2. The summed E-state index contributed by atoms with van der Waals surface area (Å²) in [5.74, 6) is -4.18. The molecule has 0 radical (unpaired) electrons. The fourth-order valence-corrected chi connectivity index (χ4v) is 3.85. The number of primary amides is 1. The highest BCUT2D eigenvalue weighted by Gasteiger charge is 2.39. The topological polar surface area (TPSA) is 275 Å². The third kappa shape index (κ3) is 10.4. The Bertz CT molecular complexity index is 818. The number of aliphatic imine (C=N–C) groups is 1. The molecule has 0 spiro atoms. The number of carbonyl (C=O) groups is 5. The van der Waals surface area contributed by atoms with E-state index in [0.717, 1.165) is 0 Å². The first kappa shape index (κ1) is 30.6. The van der Waals surface area contributed by atoms with E-state index in [-0.39, 0.29) is 31.9 Å². The molecular formula is C21H39N9O6. The number of hydrogen-bond acceptors (Lipinski definition) is 8. The summed E-state index contributed by atoms with van der Waals surface area (Å²) in [4.78, 5) is 66.6. The minimum absolute atomic E-state index is 0.107. The van der Waals surface area contributed by atoms with Crippen LogP contribution < -0.4 is 39.3 Å². The van der Waals surface area contributed by atoms with Crippen molar-refractivity contribution >= 4 is 35.6 Å². The summed E-state index contributed by atoms with van der Waals surface area (Å²) in [6, 6.07) is -4.33. The normalized spacial score (nSPS) is 17.5. The fraction of sp³-hybridized carbons (Fsp3) is 0.714. The number of aliphatic carboxylic acids is 1. The summed E-state index contributed by atoms with van der Waals surface area (Å²) in [5.41, 5.74) is 27.2. The van der Waals surface area contributed by atoms with Gasteiger partial charge in [-0.2, -0.15) is 0 Å². The number of nitrogens with zero attached hydrogens (tertiary/aromatic N) is 2. The Kier molecular flexibility index (Phi) is 13.2. The number of nitrogens with two attached hydrogens (primary N) is 5. The Morgan fingerprint density at radius 2 is 1.69 bits per heavy atom. The molecule has 1 aliphatic rings. The average molecular weight is 514 g/mol. The molecule has 36 heavy (non-hydrogen) atoms. The number of hydrogen-bond donors (Lipinski definition) is 8. The number of carboxylic acid groups (broad SMARTS) is 1. The van der Waals surface area contributed by atoms with Crippen molar-refractivity contribution in [2.75, 3.05) is 19.6 Å². The molecule has 4 unspecified atom stereocenters. The van der Waals surface area contributed by atoms with Gasteiger partial charge in [0.2, 0.25) is 23.6 Å². The van der Waals surface area contributed by atoms with Gasteiger partial charge in [0.1, 0.15) is 18.1 Å². The molecule has 1 heterocycles. The fourth-order valence-electron chi connectivity index (χ4n) is 3.85. The third-order valence-corrected chi connectivity index (χ3v) is 5.72. The Hall–Kier alpha value is -3.46. The minimum Gasteiger partial charge on any atom is -0.480 e. The zero-order valence-corrected chi connectivity index (χ0v) is 20.4. The highest BCUT2D eigenvalue weighted by Crippen LogP contribution is 2.20. The van der Waals surface area contributed by atoms with E-state index in [9.17, 15) is 29.1 Å². The molecular weight excluding hydrogens is 474 g/mol. The molecule has 204 valence electrons. The molecule has 1 saturated heterocycles. The lowest BCUT2D eigenvalue weighted by Gasteiger charge is -2.30. The Morgan fingerprint density at radius 3 is 2.28 bits per heavy atom. The van der Waals surface area contributed by atoms with E-state index in [2.05, 4.69) is 15.6 Å². The summed E-state index contributed by atoms with van der Waals surface area (Å²) >= 11 is 0. The van der Waals surface area contributed by atoms with Gasteiger partial charge in [0.15, 0.2) is 5.96 Å². The number of rotatable bonds is 16. The van der Waals surface area contributed by atoms with Gasteiger partial charge < -0.3 is 49.3 Å². The van der Waals surface area contributed by atoms with Crippen LogP contribution in [0, 0.1) is 0 Å². The number of amides is 4. The van der Waals surface area contributed by atoms with Crippen LogP contribution in [-0.4, -0.2) is 89.4 Å². The zero-order chi connectivity index (χ0) is 27.3. The largest absolute Gasteiger partial charge is 0.480 e. The van der Waals surface area contributed by atoms with Crippen molar-refractivity contribution in [3.05, 3.63) is 0 Å². The molecule has 4 amide bonds. The van der Waals surface area contributed by atoms with E-state index in [1.807, 2.05) is 0 Å². The van der Waals surface area contributed by atoms with Crippen molar-refractivity contribution < 1.29 is 29.1 Å². The van der Waals surface area contributed by atoms with E-state index in [0.29, 0.717) is 38.6 Å². The van der Waals surface area contributed by atoms with Crippen molar-refractivity contribution in [3.63, 3.8) is 0 Å². The number of nitrogens with one attached hydrogen (secondary N) is 2. The smallest absolute Gasteiger partial charge is 0.326 e. The van der Waals surface area contributed by atoms with E-state index >= 15 is 0 Å². The quantitative estimate of drug-likeness (QED) is 0.0570. The highest BCUT2D eigenvalue weighted by molar-refractivity contribution is 5.95. The molecule has 0 aromatic heterocycles. The van der Waals surface area contributed by atoms with E-state index < -0.39 is 60.2 Å². The molecule has 1 fully saturated rings. The molecule has 0 bridgehead atoms. The molecule has 0 aromatic rings. The van der Waals surface area contributed by atoms with E-state index in [1.54, 1.807) is 0 Å². The van der Waals surface area contributed by atoms with Gasteiger partial charge in [0.05, 0.1) is 12.5 Å². The lowest BCUT2D eigenvalue weighted by molar-refractivity contribution is -0.146. The maximum absolute atomic E-state index is 13.4. The van der Waals surface area contributed by atoms with Crippen molar-refractivity contribution in [1.82, 2.24) is 15.5 Å². The van der Waals surface area contributed by atoms with Gasteiger partial charge in [-0.15, -0.1) is 0 Å². The molecule has 15 heteroatoms. The van der Waals surface area contributed by atoms with Gasteiger partial charge in [-0.3, -0.25) is 24.2 Å². The van der Waals surface area contributed by atoms with Gasteiger partial charge in [0.25, 0.3) is 0 Å². The first-order valence-corrected chi connectivity index (χ1v) is 11.9. The van der Waals surface area contributed by atoms with Gasteiger partial charge in [-0.25, -0.2) is 4.79 Å². The first-order chi connectivity index (χ1) is 17.0. The number of carboxylic acids is 1. The SMILES string of the molecule is NCCCCC(N)C(=O)NC(CCCN=C(N)N)C(=O)N1CCCC1C(=O)NC(CC(N)=O)C(=O)O. The number of likely N-dealkylation sites (tertiary alicyclic amines) is 1. The predicted octanol–water partition coefficient (Wildman–Crippen LogP) is -3.58. The highest BCUT2D eigenvalue weighted by atomic mass is 16.4. The number of guanidine groups is 1. The van der Waals surface area contributed by atoms with Crippen LogP contribution in [0.3, 0.4) is 0 Å². The molecule has 13 N–H and O–H groups in total. The van der Waals surface area contributed by atoms with Crippen LogP contribution in [-0.2, 0) is 24.0 Å². The lowest BCUT2D eigenvalue weighted by atomic mass is 10.1. The summed E-state index contributed by atoms with van der Waals surface area (Å²) in [6.07, 6.45) is 2.48. The van der Waals surface area contributed by atoms with Crippen LogP contribution in [0.15, 0.2) is 4.99 Å². The van der Waals surface area contributed by atoms with Crippen LogP contribution in [0.25, 0.3) is 0 Å². The molecule has 0 saturated carbocycles. The molecule has 1 aliphatic heterocycles. The summed E-state index contributed by atoms with van der Waals surface area (Å²) in [7, 11) is 0. The Labute approximate surface area is 209 Å². The van der Waals surface area contributed by atoms with Gasteiger partial charge in [0, 0.05) is 13.1 Å². The Balaban J connectivity index is 2.96. The van der Waals surface area contributed by atoms with Crippen LogP contribution in [0.1, 0.15) is 51.4 Å². The maximum atomic E-state index is 13.4. The molecule has 4 atom stereocenters. The number of carbonyl (C=O) groups excluding carboxylic acids is 4. The number of unbranched alkanes of at least 4 members (excludes halogenated alkanes) is 1. The van der Waals surface area contributed by atoms with Crippen LogP contribution in [0.2, 0.25) is 0 Å². The maximum Gasteiger partial charge on any atom is 0.326 e. The van der Waals surface area contributed by atoms with Crippen molar-refractivity contribution in [2.45, 2.75) is 75.5 Å². The third-order valence-electron chi connectivity index (χ3n) is 5.72. The van der Waals surface area contributed by atoms with Crippen molar-refractivity contribution in [3.8, 4) is 0 Å². The van der Waals surface area contributed by atoms with Crippen molar-refractivity contribution in [2.24, 2.45) is 33.7 Å². The standard InChI is InChI=1S/C21H39N9O6/c22-8-2-1-5-12(23)17(32)28-13(6-3-9-27-21(25)26)19(34)30-10-4-7-15(30)18(33)29-14(20(35)36)11-16(24)31/h12-15H,1-11,22-23H2,(H2,24,31)(H,28,32)(H,29,33)(H,35,36)(H4,25,26,27). The van der Waals surface area contributed by atoms with Crippen LogP contribution in [0.5, 0.6) is 0 Å². The minimum atomic E-state index is -1.52. The molecule has 1 rings (SSSR count). The van der Waals surface area contributed by atoms with E-state index in [1.165, 1.54) is 4.90 Å². The predicted molar refractivity (Wildman–Crippen MR) is 131 cm³/mol. The van der Waals surface area contributed by atoms with Gasteiger partial charge in [-0.1, -0.05) is 6.42 Å². The monoisotopic (exact) mass is 513 g/mol. The zero-order valence-electron chi connectivity index (χ0n) is 20.4. The Morgan fingerprint density at radius 1 is 1.00 bits per heavy atom. The van der Waals surface area contributed by atoms with Gasteiger partial charge in [-0.05, 0) is 45.1 Å². The second kappa shape index (κ2) is 15.5. The average Bonchev–Trinajstić information content (AvgIpc) is 3.29. The molecule has 0 aliphatic carbocycles. The van der Waals surface area contributed by atoms with E-state index in [4.69, 9.17) is 28.7 Å². The van der Waals surface area contributed by atoms with Crippen LogP contribution >= 0.6 is 0 Å². The van der Waals surface area contributed by atoms with Gasteiger partial charge >= 0.3 is 5.97 Å². The molecule has 15 nitrogen and oxygen atoms in total. The summed E-state index contributed by atoms with van der Waals surface area (Å²) < 4.78 is 0. The lowest BCUT2D eigenvalue weighted by Crippen LogP contribution is -2.57.